The molecule has 1 aliphatic heterocycles. The van der Waals surface area contributed by atoms with Crippen molar-refractivity contribution in [2.24, 2.45) is 0 Å². The smallest absolute Gasteiger partial charge is 0.134 e. The molecular weight excluding hydrogens is 248 g/mol. The molecule has 1 fully saturated rings. The van der Waals surface area contributed by atoms with E-state index in [0.717, 1.165) is 43.4 Å². The molecule has 0 saturated carbocycles. The van der Waals surface area contributed by atoms with Crippen molar-refractivity contribution in [3.05, 3.63) is 11.9 Å². The van der Waals surface area contributed by atoms with E-state index in [4.69, 9.17) is 4.98 Å². The lowest BCUT2D eigenvalue weighted by molar-refractivity contribution is 0.446. The second-order valence-corrected chi connectivity index (χ2v) is 5.56. The number of anilines is 2. The van der Waals surface area contributed by atoms with E-state index < -0.39 is 0 Å². The van der Waals surface area contributed by atoms with Crippen LogP contribution in [0.2, 0.25) is 0 Å². The lowest BCUT2D eigenvalue weighted by Gasteiger charge is -2.36. The van der Waals surface area contributed by atoms with E-state index in [-0.39, 0.29) is 0 Å². The van der Waals surface area contributed by atoms with Crippen LogP contribution in [0, 0.1) is 0 Å². The first-order valence-corrected chi connectivity index (χ1v) is 8.16. The summed E-state index contributed by atoms with van der Waals surface area (Å²) in [5.41, 5.74) is 0. The average molecular weight is 276 g/mol. The lowest BCUT2D eigenvalue weighted by atomic mass is 10.00. The number of nitrogens with one attached hydrogen (secondary N) is 1. The van der Waals surface area contributed by atoms with Gasteiger partial charge in [-0.25, -0.2) is 9.97 Å². The zero-order valence-electron chi connectivity index (χ0n) is 13.2. The van der Waals surface area contributed by atoms with Crippen molar-refractivity contribution in [3.8, 4) is 0 Å². The number of hydrogen-bond acceptors (Lipinski definition) is 4. The number of aromatic nitrogens is 2. The van der Waals surface area contributed by atoms with Gasteiger partial charge in [-0.2, -0.15) is 0 Å². The fourth-order valence-electron chi connectivity index (χ4n) is 2.96. The minimum Gasteiger partial charge on any atom is -0.370 e. The van der Waals surface area contributed by atoms with E-state index in [2.05, 4.69) is 42.0 Å². The maximum absolute atomic E-state index is 4.80. The van der Waals surface area contributed by atoms with Gasteiger partial charge in [0.2, 0.25) is 0 Å². The molecule has 1 aliphatic rings. The second kappa shape index (κ2) is 7.46. The lowest BCUT2D eigenvalue weighted by Crippen LogP contribution is -2.39. The highest BCUT2D eigenvalue weighted by molar-refractivity contribution is 5.50. The van der Waals surface area contributed by atoms with Crippen LogP contribution in [0.15, 0.2) is 6.07 Å². The van der Waals surface area contributed by atoms with Gasteiger partial charge in [0.1, 0.15) is 17.5 Å². The summed E-state index contributed by atoms with van der Waals surface area (Å²) in [6, 6.07) is 2.76. The van der Waals surface area contributed by atoms with Crippen molar-refractivity contribution < 1.29 is 0 Å². The van der Waals surface area contributed by atoms with Crippen LogP contribution in [0.4, 0.5) is 11.6 Å². The fourth-order valence-corrected chi connectivity index (χ4v) is 2.96. The largest absolute Gasteiger partial charge is 0.370 e. The third-order valence-corrected chi connectivity index (χ3v) is 3.98. The molecule has 1 N–H and O–H groups in total. The molecule has 0 bridgehead atoms. The highest BCUT2D eigenvalue weighted by atomic mass is 15.2. The van der Waals surface area contributed by atoms with Crippen molar-refractivity contribution in [3.63, 3.8) is 0 Å². The van der Waals surface area contributed by atoms with Crippen molar-refractivity contribution in [1.82, 2.24) is 9.97 Å². The first-order chi connectivity index (χ1) is 9.78. The van der Waals surface area contributed by atoms with Gasteiger partial charge in [0, 0.05) is 31.6 Å². The number of hydrogen-bond donors (Lipinski definition) is 1. The Morgan fingerprint density at radius 3 is 2.80 bits per heavy atom. The second-order valence-electron chi connectivity index (χ2n) is 5.56. The summed E-state index contributed by atoms with van der Waals surface area (Å²) >= 11 is 0. The molecule has 0 amide bonds. The summed E-state index contributed by atoms with van der Waals surface area (Å²) in [6.45, 7) is 8.60. The molecule has 20 heavy (non-hydrogen) atoms. The molecule has 0 radical (unpaired) electrons. The van der Waals surface area contributed by atoms with E-state index in [1.807, 2.05) is 0 Å². The Bertz CT molecular complexity index is 395. The van der Waals surface area contributed by atoms with Gasteiger partial charge in [-0.15, -0.1) is 0 Å². The molecule has 1 aromatic heterocycles. The molecule has 1 aromatic rings. The van der Waals surface area contributed by atoms with Gasteiger partial charge in [0.05, 0.1) is 0 Å². The quantitative estimate of drug-likeness (QED) is 0.861. The SMILES string of the molecule is CCCc1nc(NCC)cc(N2CCCCC2CC)n1. The Morgan fingerprint density at radius 1 is 1.25 bits per heavy atom. The van der Waals surface area contributed by atoms with Crippen LogP contribution >= 0.6 is 0 Å². The Kier molecular flexibility index (Phi) is 5.62. The van der Waals surface area contributed by atoms with Crippen LogP contribution in [0.25, 0.3) is 0 Å². The normalized spacial score (nSPS) is 19.1. The molecule has 2 rings (SSSR count). The standard InChI is InChI=1S/C16H28N4/c1-4-9-14-18-15(17-6-3)12-16(19-14)20-11-8-7-10-13(20)5-2/h12-13H,4-11H2,1-3H3,(H,17,18,19). The molecule has 1 unspecified atom stereocenters. The first-order valence-electron chi connectivity index (χ1n) is 8.16. The van der Waals surface area contributed by atoms with Crippen LogP contribution in [0.3, 0.4) is 0 Å². The van der Waals surface area contributed by atoms with Gasteiger partial charge in [-0.1, -0.05) is 13.8 Å². The van der Waals surface area contributed by atoms with Gasteiger partial charge in [-0.3, -0.25) is 0 Å². The maximum Gasteiger partial charge on any atom is 0.134 e. The van der Waals surface area contributed by atoms with Crippen LogP contribution in [0.1, 0.15) is 58.7 Å². The predicted octanol–water partition coefficient (Wildman–Crippen LogP) is 3.63. The monoisotopic (exact) mass is 276 g/mol. The average Bonchev–Trinajstić information content (AvgIpc) is 2.47. The number of piperidine rings is 1. The first kappa shape index (κ1) is 15.1. The van der Waals surface area contributed by atoms with Gasteiger partial charge >= 0.3 is 0 Å². The Balaban J connectivity index is 2.27. The molecule has 4 heteroatoms. The fraction of sp³-hybridized carbons (Fsp3) is 0.750. The highest BCUT2D eigenvalue weighted by Gasteiger charge is 2.22. The van der Waals surface area contributed by atoms with Crippen LogP contribution in [-0.2, 0) is 6.42 Å². The summed E-state index contributed by atoms with van der Waals surface area (Å²) in [5.74, 6) is 3.06. The minimum absolute atomic E-state index is 0.641. The third kappa shape index (κ3) is 3.62. The van der Waals surface area contributed by atoms with Gasteiger partial charge in [-0.05, 0) is 39.0 Å². The predicted molar refractivity (Wildman–Crippen MR) is 85.5 cm³/mol. The Hall–Kier alpha value is -1.32. The molecule has 0 aromatic carbocycles. The molecule has 4 nitrogen and oxygen atoms in total. The number of rotatable bonds is 6. The molecule has 112 valence electrons. The van der Waals surface area contributed by atoms with E-state index in [0.29, 0.717) is 6.04 Å². The van der Waals surface area contributed by atoms with E-state index in [1.165, 1.54) is 25.7 Å². The van der Waals surface area contributed by atoms with Gasteiger partial charge in [0.25, 0.3) is 0 Å². The topological polar surface area (TPSA) is 41.1 Å². The summed E-state index contributed by atoms with van der Waals surface area (Å²) < 4.78 is 0. The summed E-state index contributed by atoms with van der Waals surface area (Å²) in [5, 5.41) is 3.34. The number of aryl methyl sites for hydroxylation is 1. The summed E-state index contributed by atoms with van der Waals surface area (Å²) in [7, 11) is 0. The van der Waals surface area contributed by atoms with E-state index in [1.54, 1.807) is 0 Å². The van der Waals surface area contributed by atoms with Crippen molar-refractivity contribution in [2.75, 3.05) is 23.3 Å². The van der Waals surface area contributed by atoms with Gasteiger partial charge < -0.3 is 10.2 Å². The molecule has 1 atom stereocenters. The molecule has 2 heterocycles. The van der Waals surface area contributed by atoms with Crippen LogP contribution in [0.5, 0.6) is 0 Å². The van der Waals surface area contributed by atoms with E-state index >= 15 is 0 Å². The molecule has 0 aliphatic carbocycles. The minimum atomic E-state index is 0.641. The maximum atomic E-state index is 4.80. The van der Waals surface area contributed by atoms with Crippen LogP contribution in [-0.4, -0.2) is 29.1 Å². The van der Waals surface area contributed by atoms with Gasteiger partial charge in [0.15, 0.2) is 0 Å². The van der Waals surface area contributed by atoms with Crippen molar-refractivity contribution >= 4 is 11.6 Å². The van der Waals surface area contributed by atoms with Crippen molar-refractivity contribution in [2.45, 2.75) is 65.3 Å². The zero-order valence-corrected chi connectivity index (χ0v) is 13.2. The highest BCUT2D eigenvalue weighted by Crippen LogP contribution is 2.26. The van der Waals surface area contributed by atoms with E-state index in [9.17, 15) is 0 Å². The van der Waals surface area contributed by atoms with Crippen LogP contribution < -0.4 is 10.2 Å². The third-order valence-electron chi connectivity index (χ3n) is 3.98. The Morgan fingerprint density at radius 2 is 2.10 bits per heavy atom. The molecular formula is C16H28N4. The zero-order chi connectivity index (χ0) is 14.4. The summed E-state index contributed by atoms with van der Waals surface area (Å²) in [4.78, 5) is 11.9. The Labute approximate surface area is 123 Å². The number of nitrogens with zero attached hydrogens (tertiary/aromatic N) is 3. The summed E-state index contributed by atoms with van der Waals surface area (Å²) in [6.07, 6.45) is 7.16. The molecule has 1 saturated heterocycles. The molecule has 0 spiro atoms. The van der Waals surface area contributed by atoms with Crippen molar-refractivity contribution in [1.29, 1.82) is 0 Å².